The maximum Gasteiger partial charge on any atom is 0.160 e. The lowest BCUT2D eigenvalue weighted by Crippen LogP contribution is -2.51. The highest BCUT2D eigenvalue weighted by molar-refractivity contribution is 5.94. The Morgan fingerprint density at radius 3 is 2.68 bits per heavy atom. The number of benzene rings is 1. The van der Waals surface area contributed by atoms with Crippen LogP contribution in [0.25, 0.3) is 0 Å². The quantitative estimate of drug-likeness (QED) is 0.767. The van der Waals surface area contributed by atoms with Gasteiger partial charge in [0.05, 0.1) is 0 Å². The van der Waals surface area contributed by atoms with Gasteiger partial charge in [0.25, 0.3) is 0 Å². The summed E-state index contributed by atoms with van der Waals surface area (Å²) in [4.78, 5) is 15.0. The van der Waals surface area contributed by atoms with Crippen LogP contribution in [0.2, 0.25) is 0 Å². The number of piperidine rings is 1. The minimum atomic E-state index is 0.189. The molecule has 4 rings (SSSR count). The zero-order valence-electron chi connectivity index (χ0n) is 11.0. The van der Waals surface area contributed by atoms with Crippen molar-refractivity contribution in [2.24, 2.45) is 11.8 Å². The summed E-state index contributed by atoms with van der Waals surface area (Å²) in [6, 6.07) is 11.1. The van der Waals surface area contributed by atoms with Gasteiger partial charge in [-0.3, -0.25) is 9.69 Å². The smallest absolute Gasteiger partial charge is 0.160 e. The first-order valence-electron chi connectivity index (χ1n) is 7.35. The number of rotatable bonds is 1. The Kier molecular flexibility index (Phi) is 2.59. The molecule has 3 aliphatic rings. The van der Waals surface area contributed by atoms with Crippen molar-refractivity contribution in [3.8, 4) is 0 Å². The van der Waals surface area contributed by atoms with E-state index in [0.717, 1.165) is 13.0 Å². The molecular weight excluding hydrogens is 234 g/mol. The molecule has 2 heteroatoms. The molecule has 2 heterocycles. The molecule has 4 unspecified atom stereocenters. The molecule has 0 N–H and O–H groups in total. The zero-order valence-corrected chi connectivity index (χ0v) is 11.0. The largest absolute Gasteiger partial charge is 0.299 e. The number of ketones is 1. The maximum absolute atomic E-state index is 12.4. The van der Waals surface area contributed by atoms with Gasteiger partial charge in [0.2, 0.25) is 0 Å². The Morgan fingerprint density at radius 1 is 1.05 bits per heavy atom. The summed E-state index contributed by atoms with van der Waals surface area (Å²) >= 11 is 0. The van der Waals surface area contributed by atoms with E-state index < -0.39 is 0 Å². The van der Waals surface area contributed by atoms with E-state index in [-0.39, 0.29) is 5.92 Å². The van der Waals surface area contributed by atoms with E-state index >= 15 is 0 Å². The Balaban J connectivity index is 1.75. The molecule has 1 aliphatic carbocycles. The summed E-state index contributed by atoms with van der Waals surface area (Å²) < 4.78 is 0. The van der Waals surface area contributed by atoms with Crippen LogP contribution in [-0.2, 0) is 4.79 Å². The van der Waals surface area contributed by atoms with Crippen LogP contribution >= 0.6 is 0 Å². The molecule has 0 radical (unpaired) electrons. The second-order valence-electron chi connectivity index (χ2n) is 6.07. The van der Waals surface area contributed by atoms with Crippen molar-refractivity contribution < 1.29 is 4.79 Å². The minimum Gasteiger partial charge on any atom is -0.299 e. The molecule has 4 atom stereocenters. The number of carbonyl (C=O) groups is 1. The predicted octanol–water partition coefficient (Wildman–Crippen LogP) is 2.62. The van der Waals surface area contributed by atoms with E-state index in [2.05, 4.69) is 41.3 Å². The Bertz CT molecular complexity index is 521. The van der Waals surface area contributed by atoms with Crippen LogP contribution in [0.4, 0.5) is 0 Å². The molecule has 1 aromatic rings. The molecule has 1 aromatic carbocycles. The number of nitrogens with zero attached hydrogens (tertiary/aromatic N) is 1. The second kappa shape index (κ2) is 4.31. The van der Waals surface area contributed by atoms with Crippen molar-refractivity contribution in [1.29, 1.82) is 0 Å². The van der Waals surface area contributed by atoms with E-state index in [0.29, 0.717) is 23.7 Å². The Hall–Kier alpha value is -1.41. The molecule has 0 spiro atoms. The summed E-state index contributed by atoms with van der Waals surface area (Å²) in [5, 5.41) is 0. The highest BCUT2D eigenvalue weighted by atomic mass is 16.1. The topological polar surface area (TPSA) is 20.3 Å². The van der Waals surface area contributed by atoms with Gasteiger partial charge in [-0.15, -0.1) is 0 Å². The number of allylic oxidation sites excluding steroid dienone is 1. The van der Waals surface area contributed by atoms with Crippen molar-refractivity contribution in [1.82, 2.24) is 4.90 Å². The SMILES string of the molecule is O=C1C=CC2CCN3CCC(c4ccccc4)C1C23. The first-order chi connectivity index (χ1) is 9.34. The van der Waals surface area contributed by atoms with Gasteiger partial charge in [-0.1, -0.05) is 36.4 Å². The molecule has 2 saturated heterocycles. The molecule has 19 heavy (non-hydrogen) atoms. The summed E-state index contributed by atoms with van der Waals surface area (Å²) in [6.45, 7) is 2.32. The molecule has 2 nitrogen and oxygen atoms in total. The molecule has 2 aliphatic heterocycles. The molecule has 98 valence electrons. The molecule has 0 amide bonds. The summed E-state index contributed by atoms with van der Waals surface area (Å²) in [6.07, 6.45) is 6.37. The van der Waals surface area contributed by atoms with Gasteiger partial charge in [0.15, 0.2) is 5.78 Å². The highest BCUT2D eigenvalue weighted by Gasteiger charge is 2.49. The molecule has 2 fully saturated rings. The second-order valence-corrected chi connectivity index (χ2v) is 6.07. The number of hydrogen-bond donors (Lipinski definition) is 0. The van der Waals surface area contributed by atoms with E-state index in [1.807, 2.05) is 6.08 Å². The van der Waals surface area contributed by atoms with Crippen molar-refractivity contribution in [3.63, 3.8) is 0 Å². The minimum absolute atomic E-state index is 0.189. The first-order valence-corrected chi connectivity index (χ1v) is 7.35. The monoisotopic (exact) mass is 253 g/mol. The van der Waals surface area contributed by atoms with Crippen LogP contribution in [0, 0.1) is 11.8 Å². The van der Waals surface area contributed by atoms with Gasteiger partial charge in [-0.2, -0.15) is 0 Å². The van der Waals surface area contributed by atoms with Crippen molar-refractivity contribution in [2.75, 3.05) is 13.1 Å². The van der Waals surface area contributed by atoms with Gasteiger partial charge < -0.3 is 0 Å². The number of carbonyl (C=O) groups excluding carboxylic acids is 1. The van der Waals surface area contributed by atoms with Gasteiger partial charge in [0.1, 0.15) is 0 Å². The van der Waals surface area contributed by atoms with Crippen LogP contribution in [0.15, 0.2) is 42.5 Å². The van der Waals surface area contributed by atoms with Crippen molar-refractivity contribution in [3.05, 3.63) is 48.0 Å². The van der Waals surface area contributed by atoms with Crippen LogP contribution in [0.3, 0.4) is 0 Å². The number of hydrogen-bond acceptors (Lipinski definition) is 2. The summed E-state index contributed by atoms with van der Waals surface area (Å²) in [7, 11) is 0. The van der Waals surface area contributed by atoms with Crippen LogP contribution in [-0.4, -0.2) is 29.8 Å². The molecule has 0 saturated carbocycles. The van der Waals surface area contributed by atoms with E-state index in [9.17, 15) is 4.79 Å². The van der Waals surface area contributed by atoms with E-state index in [4.69, 9.17) is 0 Å². The highest BCUT2D eigenvalue weighted by Crippen LogP contribution is 2.46. The normalized spacial score (nSPS) is 37.4. The van der Waals surface area contributed by atoms with E-state index in [1.54, 1.807) is 0 Å². The standard InChI is InChI=1S/C17H19NO/c19-15-7-6-13-8-10-18-11-9-14(16(15)17(13)18)12-4-2-1-3-5-12/h1-7,13-14,16-17H,8-11H2. The lowest BCUT2D eigenvalue weighted by Gasteiger charge is -2.44. The van der Waals surface area contributed by atoms with Crippen molar-refractivity contribution >= 4 is 5.78 Å². The van der Waals surface area contributed by atoms with Gasteiger partial charge in [0, 0.05) is 12.0 Å². The first kappa shape index (κ1) is 11.4. The van der Waals surface area contributed by atoms with Crippen LogP contribution < -0.4 is 0 Å². The maximum atomic E-state index is 12.4. The fourth-order valence-corrected chi connectivity index (χ4v) is 4.36. The summed E-state index contributed by atoms with van der Waals surface area (Å²) in [5.74, 6) is 1.56. The average molecular weight is 253 g/mol. The fourth-order valence-electron chi connectivity index (χ4n) is 4.36. The lowest BCUT2D eigenvalue weighted by molar-refractivity contribution is -0.123. The Morgan fingerprint density at radius 2 is 1.84 bits per heavy atom. The zero-order chi connectivity index (χ0) is 12.8. The third-order valence-corrected chi connectivity index (χ3v) is 5.20. The van der Waals surface area contributed by atoms with Gasteiger partial charge in [-0.25, -0.2) is 0 Å². The molecular formula is C17H19NO. The van der Waals surface area contributed by atoms with Crippen molar-refractivity contribution in [2.45, 2.75) is 24.8 Å². The summed E-state index contributed by atoms with van der Waals surface area (Å²) in [5.41, 5.74) is 1.35. The lowest BCUT2D eigenvalue weighted by atomic mass is 9.69. The van der Waals surface area contributed by atoms with E-state index in [1.165, 1.54) is 18.5 Å². The van der Waals surface area contributed by atoms with Crippen LogP contribution in [0.5, 0.6) is 0 Å². The Labute approximate surface area is 114 Å². The molecule has 0 bridgehead atoms. The third kappa shape index (κ3) is 1.70. The van der Waals surface area contributed by atoms with Gasteiger partial charge >= 0.3 is 0 Å². The van der Waals surface area contributed by atoms with Gasteiger partial charge in [-0.05, 0) is 49.4 Å². The third-order valence-electron chi connectivity index (χ3n) is 5.20. The average Bonchev–Trinajstić information content (AvgIpc) is 2.88. The predicted molar refractivity (Wildman–Crippen MR) is 74.9 cm³/mol. The molecule has 0 aromatic heterocycles. The van der Waals surface area contributed by atoms with Crippen LogP contribution in [0.1, 0.15) is 24.3 Å². The fraction of sp³-hybridized carbons (Fsp3) is 0.471.